The van der Waals surface area contributed by atoms with Crippen LogP contribution in [-0.4, -0.2) is 56.8 Å². The summed E-state index contributed by atoms with van der Waals surface area (Å²) in [5.74, 6) is -0.114. The molecule has 0 bridgehead atoms. The molecule has 0 saturated carbocycles. The van der Waals surface area contributed by atoms with Crippen molar-refractivity contribution in [2.45, 2.75) is 64.5 Å². The van der Waals surface area contributed by atoms with Gasteiger partial charge in [0, 0.05) is 25.5 Å². The van der Waals surface area contributed by atoms with Gasteiger partial charge < -0.3 is 35.3 Å². The molecule has 2 aromatic carbocycles. The number of rotatable bonds is 13. The number of ether oxygens (including phenoxy) is 3. The van der Waals surface area contributed by atoms with Crippen molar-refractivity contribution >= 4 is 23.5 Å². The highest BCUT2D eigenvalue weighted by Gasteiger charge is 2.29. The van der Waals surface area contributed by atoms with Gasteiger partial charge in [-0.1, -0.05) is 12.5 Å². The summed E-state index contributed by atoms with van der Waals surface area (Å²) in [5, 5.41) is 17.5. The van der Waals surface area contributed by atoms with Gasteiger partial charge in [0.2, 0.25) is 23.0 Å². The molecule has 2 aromatic rings. The fourth-order valence-electron chi connectivity index (χ4n) is 5.04. The van der Waals surface area contributed by atoms with Crippen molar-refractivity contribution in [3.8, 4) is 28.4 Å². The number of carbonyl (C=O) groups is 3. The van der Waals surface area contributed by atoms with Crippen molar-refractivity contribution in [3.05, 3.63) is 45.6 Å². The Hall–Kier alpha value is -4.28. The lowest BCUT2D eigenvalue weighted by atomic mass is 9.95. The number of aryl methyl sites for hydroxylation is 1. The third kappa shape index (κ3) is 7.68. The van der Waals surface area contributed by atoms with Gasteiger partial charge in [-0.05, 0) is 67.5 Å². The van der Waals surface area contributed by atoms with Crippen LogP contribution in [0.3, 0.4) is 0 Å². The Balaban J connectivity index is 1.86. The van der Waals surface area contributed by atoms with Crippen LogP contribution in [0.4, 0.5) is 5.69 Å². The molecule has 2 unspecified atom stereocenters. The van der Waals surface area contributed by atoms with E-state index in [0.717, 1.165) is 23.1 Å². The second kappa shape index (κ2) is 14.4. The van der Waals surface area contributed by atoms with E-state index in [1.807, 2.05) is 12.1 Å². The van der Waals surface area contributed by atoms with Crippen LogP contribution in [0.2, 0.25) is 0 Å². The first-order valence-corrected chi connectivity index (χ1v) is 13.6. The summed E-state index contributed by atoms with van der Waals surface area (Å²) >= 11 is 0. The molecule has 0 heterocycles. The fourth-order valence-corrected chi connectivity index (χ4v) is 5.04. The van der Waals surface area contributed by atoms with E-state index in [1.165, 1.54) is 21.0 Å². The normalized spacial score (nSPS) is 14.4. The second-order valence-electron chi connectivity index (χ2n) is 9.96. The first kappa shape index (κ1) is 31.3. The Morgan fingerprint density at radius 3 is 2.39 bits per heavy atom. The molecule has 41 heavy (non-hydrogen) atoms. The lowest BCUT2D eigenvalue weighted by Gasteiger charge is -2.19. The van der Waals surface area contributed by atoms with Crippen molar-refractivity contribution < 1.29 is 33.7 Å². The van der Waals surface area contributed by atoms with E-state index in [0.29, 0.717) is 60.7 Å². The van der Waals surface area contributed by atoms with Crippen LogP contribution in [0, 0.1) is 0 Å². The number of methoxy groups -OCH3 is 3. The Labute approximate surface area is 239 Å². The van der Waals surface area contributed by atoms with Crippen molar-refractivity contribution in [2.75, 3.05) is 33.2 Å². The van der Waals surface area contributed by atoms with Crippen LogP contribution < -0.4 is 35.6 Å². The van der Waals surface area contributed by atoms with E-state index in [9.17, 15) is 19.2 Å². The molecule has 11 heteroatoms. The molecule has 0 saturated heterocycles. The average Bonchev–Trinajstić information content (AvgIpc) is 3.17. The van der Waals surface area contributed by atoms with Gasteiger partial charge in [0.25, 0.3) is 0 Å². The Kier molecular flexibility index (Phi) is 11.0. The van der Waals surface area contributed by atoms with E-state index >= 15 is 0 Å². The number of unbranched alkanes of at least 4 members (excludes halogenated alkanes) is 2. The molecule has 222 valence electrons. The second-order valence-corrected chi connectivity index (χ2v) is 9.96. The fraction of sp³-hybridized carbons (Fsp3) is 0.467. The largest absolute Gasteiger partial charge is 0.493 e. The summed E-state index contributed by atoms with van der Waals surface area (Å²) in [5.41, 5.74) is 3.36. The van der Waals surface area contributed by atoms with Gasteiger partial charge in [-0.25, -0.2) is 0 Å². The number of fused-ring (bicyclic) bond motifs is 3. The van der Waals surface area contributed by atoms with Gasteiger partial charge in [0.15, 0.2) is 11.5 Å². The maximum atomic E-state index is 13.3. The minimum absolute atomic E-state index is 0.197. The van der Waals surface area contributed by atoms with Crippen LogP contribution in [-0.2, 0) is 20.8 Å². The third-order valence-electron chi connectivity index (χ3n) is 7.06. The number of benzene rings is 1. The zero-order chi connectivity index (χ0) is 30.1. The van der Waals surface area contributed by atoms with Crippen LogP contribution >= 0.6 is 0 Å². The highest BCUT2D eigenvalue weighted by Crippen LogP contribution is 2.50. The summed E-state index contributed by atoms with van der Waals surface area (Å²) < 4.78 is 17.0. The first-order chi connectivity index (χ1) is 19.6. The zero-order valence-electron chi connectivity index (χ0n) is 24.2. The van der Waals surface area contributed by atoms with E-state index < -0.39 is 12.0 Å². The maximum absolute atomic E-state index is 13.3. The summed E-state index contributed by atoms with van der Waals surface area (Å²) in [4.78, 5) is 48.2. The number of amides is 2. The van der Waals surface area contributed by atoms with Crippen molar-refractivity contribution in [1.82, 2.24) is 10.6 Å². The molecule has 1 aliphatic rings. The van der Waals surface area contributed by atoms with E-state index in [1.54, 1.807) is 26.4 Å². The number of nitrogens with one attached hydrogen (secondary N) is 3. The quantitative estimate of drug-likeness (QED) is 0.266. The predicted molar refractivity (Wildman–Crippen MR) is 155 cm³/mol. The SMILES string of the molecule is COc1cc2c(c(OC)c1OC)-c1ccc(NCCCCCC(=O)NC(C)C(=O)O)c(=O)cc1C(NC(C)=O)CC2. The van der Waals surface area contributed by atoms with E-state index in [4.69, 9.17) is 19.3 Å². The molecule has 0 fully saturated rings. The molecular formula is C30H39N3O8. The topological polar surface area (TPSA) is 152 Å². The van der Waals surface area contributed by atoms with Crippen molar-refractivity contribution in [1.29, 1.82) is 0 Å². The molecule has 11 nitrogen and oxygen atoms in total. The van der Waals surface area contributed by atoms with Gasteiger partial charge in [-0.3, -0.25) is 19.2 Å². The Morgan fingerprint density at radius 1 is 1.02 bits per heavy atom. The summed E-state index contributed by atoms with van der Waals surface area (Å²) in [6, 6.07) is 5.76. The lowest BCUT2D eigenvalue weighted by Crippen LogP contribution is -2.38. The summed E-state index contributed by atoms with van der Waals surface area (Å²) in [7, 11) is 4.65. The van der Waals surface area contributed by atoms with Crippen molar-refractivity contribution in [3.63, 3.8) is 0 Å². The number of hydrogen-bond donors (Lipinski definition) is 4. The Bertz CT molecular complexity index is 1340. The zero-order valence-corrected chi connectivity index (χ0v) is 24.2. The maximum Gasteiger partial charge on any atom is 0.325 e. The predicted octanol–water partition coefficient (Wildman–Crippen LogP) is 3.42. The van der Waals surface area contributed by atoms with Gasteiger partial charge in [0.1, 0.15) is 6.04 Å². The first-order valence-electron chi connectivity index (χ1n) is 13.6. The molecule has 2 atom stereocenters. The van der Waals surface area contributed by atoms with Gasteiger partial charge in [-0.15, -0.1) is 0 Å². The summed E-state index contributed by atoms with van der Waals surface area (Å²) in [6.45, 7) is 3.39. The van der Waals surface area contributed by atoms with Crippen LogP contribution in [0.5, 0.6) is 17.2 Å². The molecule has 0 spiro atoms. The monoisotopic (exact) mass is 569 g/mol. The highest BCUT2D eigenvalue weighted by molar-refractivity contribution is 5.84. The molecule has 2 amide bonds. The van der Waals surface area contributed by atoms with Gasteiger partial charge >= 0.3 is 5.97 Å². The van der Waals surface area contributed by atoms with Gasteiger partial charge in [0.05, 0.1) is 33.1 Å². The number of anilines is 1. The average molecular weight is 570 g/mol. The van der Waals surface area contributed by atoms with E-state index in [2.05, 4.69) is 16.0 Å². The molecule has 0 radical (unpaired) electrons. The smallest absolute Gasteiger partial charge is 0.325 e. The van der Waals surface area contributed by atoms with Crippen LogP contribution in [0.1, 0.15) is 63.1 Å². The minimum Gasteiger partial charge on any atom is -0.493 e. The number of carbonyl (C=O) groups excluding carboxylic acids is 2. The number of hydrogen-bond acceptors (Lipinski definition) is 8. The van der Waals surface area contributed by atoms with Crippen LogP contribution in [0.15, 0.2) is 29.1 Å². The van der Waals surface area contributed by atoms with E-state index in [-0.39, 0.29) is 29.7 Å². The molecule has 4 N–H and O–H groups in total. The standard InChI is InChI=1S/C30H39N3O8/c1-17(30(37)38)32-26(36)9-7-6-8-14-31-23-13-11-20-21(16-24(23)35)22(33-18(2)34)12-10-19-15-25(39-3)28(40-4)29(41-5)27(19)20/h11,13,15-17,22H,6-10,12,14H2,1-5H3,(H,31,35)(H,32,36)(H,33,34)(H,37,38). The highest BCUT2D eigenvalue weighted by atomic mass is 16.5. The molecule has 0 aliphatic heterocycles. The lowest BCUT2D eigenvalue weighted by molar-refractivity contribution is -0.141. The number of carboxylic acid groups (broad SMARTS) is 1. The Morgan fingerprint density at radius 2 is 1.76 bits per heavy atom. The molecular weight excluding hydrogens is 530 g/mol. The number of carboxylic acids is 1. The van der Waals surface area contributed by atoms with Gasteiger partial charge in [-0.2, -0.15) is 0 Å². The molecule has 1 aliphatic carbocycles. The molecule has 3 rings (SSSR count). The number of aliphatic carboxylic acids is 1. The third-order valence-corrected chi connectivity index (χ3v) is 7.06. The van der Waals surface area contributed by atoms with Crippen LogP contribution in [0.25, 0.3) is 11.1 Å². The molecule has 0 aromatic heterocycles. The van der Waals surface area contributed by atoms with Crippen molar-refractivity contribution in [2.24, 2.45) is 0 Å². The summed E-state index contributed by atoms with van der Waals surface area (Å²) in [6.07, 6.45) is 3.45. The minimum atomic E-state index is -1.08.